The van der Waals surface area contributed by atoms with Gasteiger partial charge in [-0.15, -0.1) is 0 Å². The lowest BCUT2D eigenvalue weighted by atomic mass is 9.97. The van der Waals surface area contributed by atoms with Gasteiger partial charge < -0.3 is 24.8 Å². The zero-order chi connectivity index (χ0) is 23.4. The molecule has 4 rings (SSSR count). The lowest BCUT2D eigenvalue weighted by molar-refractivity contribution is -0.156. The van der Waals surface area contributed by atoms with Gasteiger partial charge in [-0.2, -0.15) is 0 Å². The van der Waals surface area contributed by atoms with Crippen LogP contribution in [0.3, 0.4) is 0 Å². The number of carbonyl (C=O) groups is 3. The second-order valence-corrected chi connectivity index (χ2v) is 8.15. The molecule has 8 nitrogen and oxygen atoms in total. The predicted molar refractivity (Wildman–Crippen MR) is 121 cm³/mol. The van der Waals surface area contributed by atoms with E-state index in [1.54, 1.807) is 0 Å². The number of nitrogens with zero attached hydrogens (tertiary/aromatic N) is 1. The highest BCUT2D eigenvalue weighted by atomic mass is 16.5. The van der Waals surface area contributed by atoms with Crippen molar-refractivity contribution in [1.82, 2.24) is 10.2 Å². The van der Waals surface area contributed by atoms with E-state index in [0.29, 0.717) is 0 Å². The molecule has 2 aromatic rings. The first-order chi connectivity index (χ1) is 15.9. The fraction of sp³-hybridized carbons (Fsp3) is 0.320. The fourth-order valence-electron chi connectivity index (χ4n) is 4.41. The maximum absolute atomic E-state index is 12.4. The monoisotopic (exact) mass is 450 g/mol. The number of ether oxygens (including phenoxy) is 2. The van der Waals surface area contributed by atoms with Gasteiger partial charge >= 0.3 is 12.1 Å². The minimum absolute atomic E-state index is 0.0326. The number of hydrogen-bond donors (Lipinski definition) is 2. The number of aliphatic carboxylic acids is 1. The van der Waals surface area contributed by atoms with Crippen LogP contribution < -0.4 is 5.32 Å². The van der Waals surface area contributed by atoms with Crippen molar-refractivity contribution in [2.24, 2.45) is 0 Å². The Labute approximate surface area is 191 Å². The van der Waals surface area contributed by atoms with Crippen molar-refractivity contribution < 1.29 is 29.0 Å². The summed E-state index contributed by atoms with van der Waals surface area (Å²) in [4.78, 5) is 37.4. The summed E-state index contributed by atoms with van der Waals surface area (Å²) < 4.78 is 10.6. The van der Waals surface area contributed by atoms with Gasteiger partial charge in [0.05, 0.1) is 6.61 Å². The highest BCUT2D eigenvalue weighted by Crippen LogP contribution is 2.44. The van der Waals surface area contributed by atoms with Gasteiger partial charge in [-0.05, 0) is 22.3 Å². The zero-order valence-electron chi connectivity index (χ0n) is 18.3. The average Bonchev–Trinajstić information content (AvgIpc) is 3.44. The van der Waals surface area contributed by atoms with E-state index in [-0.39, 0.29) is 38.7 Å². The van der Waals surface area contributed by atoms with Crippen LogP contribution in [-0.2, 0) is 19.1 Å². The molecule has 2 aromatic carbocycles. The van der Waals surface area contributed by atoms with Crippen molar-refractivity contribution in [3.63, 3.8) is 0 Å². The number of carbonyl (C=O) groups excluding carboxylic acids is 2. The van der Waals surface area contributed by atoms with E-state index in [2.05, 4.69) is 17.4 Å². The molecule has 1 saturated heterocycles. The van der Waals surface area contributed by atoms with Crippen LogP contribution in [0.4, 0.5) is 4.79 Å². The van der Waals surface area contributed by atoms with Crippen LogP contribution >= 0.6 is 0 Å². The number of benzene rings is 2. The Morgan fingerprint density at radius 2 is 1.79 bits per heavy atom. The number of carboxylic acid groups (broad SMARTS) is 1. The topological polar surface area (TPSA) is 105 Å². The van der Waals surface area contributed by atoms with E-state index in [0.717, 1.165) is 22.3 Å². The molecule has 33 heavy (non-hydrogen) atoms. The Morgan fingerprint density at radius 3 is 2.36 bits per heavy atom. The molecule has 2 amide bonds. The summed E-state index contributed by atoms with van der Waals surface area (Å²) in [6, 6.07) is 16.2. The Hall–Kier alpha value is -3.65. The van der Waals surface area contributed by atoms with E-state index in [4.69, 9.17) is 9.47 Å². The SMILES string of the molecule is CN(C(=O)/C=C/CNC(=O)OCC1c2ccccc2-c2ccccc21)C1(C(=O)O)CCOC1. The molecule has 8 heteroatoms. The van der Waals surface area contributed by atoms with Crippen molar-refractivity contribution in [1.29, 1.82) is 0 Å². The maximum atomic E-state index is 12.4. The Bertz CT molecular complexity index is 1040. The third-order valence-corrected chi connectivity index (χ3v) is 6.34. The van der Waals surface area contributed by atoms with Gasteiger partial charge in [0.2, 0.25) is 5.91 Å². The van der Waals surface area contributed by atoms with Gasteiger partial charge in [-0.3, -0.25) is 4.79 Å². The van der Waals surface area contributed by atoms with Gasteiger partial charge in [0.25, 0.3) is 0 Å². The summed E-state index contributed by atoms with van der Waals surface area (Å²) in [7, 11) is 1.44. The number of fused-ring (bicyclic) bond motifs is 3. The minimum Gasteiger partial charge on any atom is -0.479 e. The van der Waals surface area contributed by atoms with Crippen molar-refractivity contribution in [3.8, 4) is 11.1 Å². The Morgan fingerprint density at radius 1 is 1.15 bits per heavy atom. The summed E-state index contributed by atoms with van der Waals surface area (Å²) in [6.45, 7) is 0.520. The molecular formula is C25H26N2O6. The number of nitrogens with one attached hydrogen (secondary N) is 1. The first-order valence-electron chi connectivity index (χ1n) is 10.8. The normalized spacial score (nSPS) is 19.2. The summed E-state index contributed by atoms with van der Waals surface area (Å²) in [5, 5.41) is 12.1. The summed E-state index contributed by atoms with van der Waals surface area (Å²) in [5.74, 6) is -1.60. The summed E-state index contributed by atoms with van der Waals surface area (Å²) in [6.07, 6.45) is 2.35. The van der Waals surface area contributed by atoms with Crippen molar-refractivity contribution >= 4 is 18.0 Å². The number of alkyl carbamates (subject to hydrolysis) is 1. The van der Waals surface area contributed by atoms with Crippen LogP contribution in [0.1, 0.15) is 23.5 Å². The smallest absolute Gasteiger partial charge is 0.407 e. The molecule has 1 aliphatic carbocycles. The average molecular weight is 450 g/mol. The molecule has 1 fully saturated rings. The van der Waals surface area contributed by atoms with Crippen molar-refractivity contribution in [3.05, 3.63) is 71.8 Å². The minimum atomic E-state index is -1.36. The summed E-state index contributed by atoms with van der Waals surface area (Å²) >= 11 is 0. The molecule has 2 aliphatic rings. The maximum Gasteiger partial charge on any atom is 0.407 e. The van der Waals surface area contributed by atoms with Crippen LogP contribution in [0, 0.1) is 0 Å². The van der Waals surface area contributed by atoms with E-state index in [1.807, 2.05) is 36.4 Å². The van der Waals surface area contributed by atoms with E-state index in [1.165, 1.54) is 24.1 Å². The van der Waals surface area contributed by atoms with Crippen LogP contribution in [0.25, 0.3) is 11.1 Å². The first kappa shape index (κ1) is 22.5. The lowest BCUT2D eigenvalue weighted by Crippen LogP contribution is -2.55. The highest BCUT2D eigenvalue weighted by molar-refractivity contribution is 5.93. The predicted octanol–water partition coefficient (Wildman–Crippen LogP) is 2.78. The molecule has 1 aliphatic heterocycles. The van der Waals surface area contributed by atoms with Crippen LogP contribution in [0.15, 0.2) is 60.7 Å². The van der Waals surface area contributed by atoms with E-state index < -0.39 is 23.5 Å². The van der Waals surface area contributed by atoms with Crippen LogP contribution in [0.2, 0.25) is 0 Å². The van der Waals surface area contributed by atoms with Crippen molar-refractivity contribution in [2.45, 2.75) is 17.9 Å². The molecule has 1 heterocycles. The first-order valence-corrected chi connectivity index (χ1v) is 10.8. The van der Waals surface area contributed by atoms with Gasteiger partial charge in [-0.25, -0.2) is 9.59 Å². The molecule has 0 aromatic heterocycles. The molecule has 0 bridgehead atoms. The quantitative estimate of drug-likeness (QED) is 0.629. The van der Waals surface area contributed by atoms with Crippen LogP contribution in [0.5, 0.6) is 0 Å². The van der Waals surface area contributed by atoms with Gasteiger partial charge in [0.15, 0.2) is 5.54 Å². The fourth-order valence-corrected chi connectivity index (χ4v) is 4.41. The van der Waals surface area contributed by atoms with Gasteiger partial charge in [0.1, 0.15) is 6.61 Å². The summed E-state index contributed by atoms with van der Waals surface area (Å²) in [5.41, 5.74) is 3.20. The molecule has 1 atom stereocenters. The lowest BCUT2D eigenvalue weighted by Gasteiger charge is -2.32. The molecule has 0 spiro atoms. The highest BCUT2D eigenvalue weighted by Gasteiger charge is 2.47. The second kappa shape index (κ2) is 9.46. The molecular weight excluding hydrogens is 424 g/mol. The van der Waals surface area contributed by atoms with Gasteiger partial charge in [-0.1, -0.05) is 54.6 Å². The standard InChI is InChI=1S/C25H26N2O6/c1-27(25(23(29)30)12-14-32-16-25)22(28)11-6-13-26-24(31)33-15-21-19-9-4-2-7-17(19)18-8-3-5-10-20(18)21/h2-11,21H,12-16H2,1H3,(H,26,31)(H,29,30)/b11-6+. The van der Waals surface area contributed by atoms with Crippen LogP contribution in [-0.4, -0.2) is 66.9 Å². The van der Waals surface area contributed by atoms with E-state index in [9.17, 15) is 19.5 Å². The Balaban J connectivity index is 1.29. The Kier molecular flexibility index (Phi) is 6.46. The largest absolute Gasteiger partial charge is 0.479 e. The molecule has 172 valence electrons. The van der Waals surface area contributed by atoms with E-state index >= 15 is 0 Å². The number of rotatable bonds is 7. The van der Waals surface area contributed by atoms with Crippen molar-refractivity contribution in [2.75, 3.05) is 33.4 Å². The number of carboxylic acids is 1. The molecule has 0 saturated carbocycles. The molecule has 2 N–H and O–H groups in total. The second-order valence-electron chi connectivity index (χ2n) is 8.15. The molecule has 1 unspecified atom stereocenters. The number of hydrogen-bond acceptors (Lipinski definition) is 5. The molecule has 0 radical (unpaired) electrons. The van der Waals surface area contributed by atoms with Gasteiger partial charge in [0, 0.05) is 38.6 Å². The third kappa shape index (κ3) is 4.34. The zero-order valence-corrected chi connectivity index (χ0v) is 18.3. The number of likely N-dealkylation sites (N-methyl/N-ethyl adjacent to an activating group) is 1. The number of amides is 2. The third-order valence-electron chi connectivity index (χ3n) is 6.34.